The molecule has 3 nitrogen and oxygen atoms in total. The lowest BCUT2D eigenvalue weighted by atomic mass is 10.2. The molecule has 2 aromatic heterocycles. The van der Waals surface area contributed by atoms with Crippen molar-refractivity contribution in [1.29, 1.82) is 0 Å². The Hall–Kier alpha value is -1.23. The highest BCUT2D eigenvalue weighted by Crippen LogP contribution is 2.12. The first-order valence-electron chi connectivity index (χ1n) is 6.51. The van der Waals surface area contributed by atoms with Gasteiger partial charge in [0.25, 0.3) is 0 Å². The van der Waals surface area contributed by atoms with Gasteiger partial charge < -0.3 is 4.90 Å². The SMILES string of the molecule is CN(C)CCN(Cc1cccnc1)Cc1ccsc1. The lowest BCUT2D eigenvalue weighted by Gasteiger charge is -2.23. The Morgan fingerprint density at radius 3 is 2.58 bits per heavy atom. The van der Waals surface area contributed by atoms with Gasteiger partial charge in [0.05, 0.1) is 0 Å². The summed E-state index contributed by atoms with van der Waals surface area (Å²) in [4.78, 5) is 8.89. The minimum atomic E-state index is 0.956. The third kappa shape index (κ3) is 5.11. The van der Waals surface area contributed by atoms with Gasteiger partial charge in [-0.3, -0.25) is 9.88 Å². The van der Waals surface area contributed by atoms with Gasteiger partial charge in [-0.25, -0.2) is 0 Å². The van der Waals surface area contributed by atoms with Gasteiger partial charge in [-0.05, 0) is 48.1 Å². The predicted molar refractivity (Wildman–Crippen MR) is 81.2 cm³/mol. The molecule has 0 atom stereocenters. The first kappa shape index (κ1) is 14.2. The van der Waals surface area contributed by atoms with Gasteiger partial charge >= 0.3 is 0 Å². The largest absolute Gasteiger partial charge is 0.308 e. The second kappa shape index (κ2) is 7.38. The zero-order valence-electron chi connectivity index (χ0n) is 11.6. The number of rotatable bonds is 7. The molecule has 2 rings (SSSR count). The lowest BCUT2D eigenvalue weighted by Crippen LogP contribution is -2.31. The van der Waals surface area contributed by atoms with Crippen molar-refractivity contribution >= 4 is 11.3 Å². The highest BCUT2D eigenvalue weighted by molar-refractivity contribution is 7.07. The van der Waals surface area contributed by atoms with E-state index in [-0.39, 0.29) is 0 Å². The summed E-state index contributed by atoms with van der Waals surface area (Å²) in [5, 5.41) is 4.37. The number of hydrogen-bond donors (Lipinski definition) is 0. The van der Waals surface area contributed by atoms with Gasteiger partial charge in [-0.2, -0.15) is 11.3 Å². The summed E-state index contributed by atoms with van der Waals surface area (Å²) in [5.74, 6) is 0. The Morgan fingerprint density at radius 2 is 1.95 bits per heavy atom. The lowest BCUT2D eigenvalue weighted by molar-refractivity contribution is 0.226. The fourth-order valence-corrected chi connectivity index (χ4v) is 2.61. The van der Waals surface area contributed by atoms with Crippen LogP contribution >= 0.6 is 11.3 Å². The number of aromatic nitrogens is 1. The molecule has 0 saturated carbocycles. The van der Waals surface area contributed by atoms with Crippen LogP contribution in [0.3, 0.4) is 0 Å². The Labute approximate surface area is 119 Å². The van der Waals surface area contributed by atoms with Crippen molar-refractivity contribution in [2.75, 3.05) is 27.2 Å². The van der Waals surface area contributed by atoms with E-state index in [0.717, 1.165) is 26.2 Å². The quantitative estimate of drug-likeness (QED) is 0.774. The molecule has 0 spiro atoms. The molecule has 0 N–H and O–H groups in total. The molecule has 2 aromatic rings. The summed E-state index contributed by atoms with van der Waals surface area (Å²) in [5.41, 5.74) is 2.67. The second-order valence-corrected chi connectivity index (χ2v) is 5.79. The molecule has 19 heavy (non-hydrogen) atoms. The van der Waals surface area contributed by atoms with Gasteiger partial charge in [0.2, 0.25) is 0 Å². The minimum Gasteiger partial charge on any atom is -0.308 e. The molecule has 0 saturated heterocycles. The number of likely N-dealkylation sites (N-methyl/N-ethyl adjacent to an activating group) is 1. The van der Waals surface area contributed by atoms with E-state index in [4.69, 9.17) is 0 Å². The van der Waals surface area contributed by atoms with Gasteiger partial charge in [0, 0.05) is 38.6 Å². The zero-order chi connectivity index (χ0) is 13.5. The Bertz CT molecular complexity index is 454. The van der Waals surface area contributed by atoms with Crippen LogP contribution in [0, 0.1) is 0 Å². The molecule has 0 aliphatic rings. The van der Waals surface area contributed by atoms with E-state index in [1.807, 2.05) is 18.5 Å². The first-order chi connectivity index (χ1) is 9.24. The summed E-state index contributed by atoms with van der Waals surface area (Å²) in [6.07, 6.45) is 3.78. The summed E-state index contributed by atoms with van der Waals surface area (Å²) in [6.45, 7) is 4.10. The van der Waals surface area contributed by atoms with E-state index in [0.29, 0.717) is 0 Å². The highest BCUT2D eigenvalue weighted by Gasteiger charge is 2.08. The Kier molecular flexibility index (Phi) is 5.51. The van der Waals surface area contributed by atoms with Gasteiger partial charge in [0.1, 0.15) is 0 Å². The van der Waals surface area contributed by atoms with E-state index in [1.54, 1.807) is 11.3 Å². The Morgan fingerprint density at radius 1 is 1.11 bits per heavy atom. The number of pyridine rings is 1. The van der Waals surface area contributed by atoms with Crippen LogP contribution in [0.4, 0.5) is 0 Å². The summed E-state index contributed by atoms with van der Waals surface area (Å²) in [7, 11) is 4.24. The molecule has 0 aliphatic carbocycles. The van der Waals surface area contributed by atoms with Crippen LogP contribution < -0.4 is 0 Å². The monoisotopic (exact) mass is 275 g/mol. The number of hydrogen-bond acceptors (Lipinski definition) is 4. The van der Waals surface area contributed by atoms with Crippen molar-refractivity contribution in [3.8, 4) is 0 Å². The van der Waals surface area contributed by atoms with Crippen LogP contribution in [-0.2, 0) is 13.1 Å². The minimum absolute atomic E-state index is 0.956. The molecule has 0 bridgehead atoms. The third-order valence-electron chi connectivity index (χ3n) is 2.98. The molecule has 0 amide bonds. The fourth-order valence-electron chi connectivity index (χ4n) is 1.95. The average molecular weight is 275 g/mol. The van der Waals surface area contributed by atoms with Crippen LogP contribution in [-0.4, -0.2) is 42.0 Å². The molecule has 4 heteroatoms. The molecule has 0 aromatic carbocycles. The standard InChI is InChI=1S/C15H21N3S/c1-17(2)7-8-18(12-15-5-9-19-13-15)11-14-4-3-6-16-10-14/h3-6,9-10,13H,7-8,11-12H2,1-2H3. The number of thiophene rings is 1. The van der Waals surface area contributed by atoms with E-state index in [2.05, 4.69) is 51.8 Å². The summed E-state index contributed by atoms with van der Waals surface area (Å²) >= 11 is 1.76. The zero-order valence-corrected chi connectivity index (χ0v) is 12.4. The first-order valence-corrected chi connectivity index (χ1v) is 7.45. The fraction of sp³-hybridized carbons (Fsp3) is 0.400. The van der Waals surface area contributed by atoms with Gasteiger partial charge in [-0.15, -0.1) is 0 Å². The maximum absolute atomic E-state index is 4.19. The molecule has 2 heterocycles. The maximum Gasteiger partial charge on any atom is 0.0312 e. The normalized spacial score (nSPS) is 11.4. The third-order valence-corrected chi connectivity index (χ3v) is 3.71. The van der Waals surface area contributed by atoms with Crippen LogP contribution in [0.5, 0.6) is 0 Å². The number of nitrogens with zero attached hydrogens (tertiary/aromatic N) is 3. The predicted octanol–water partition coefficient (Wildman–Crippen LogP) is 2.71. The summed E-state index contributed by atoms with van der Waals surface area (Å²) < 4.78 is 0. The molecule has 0 radical (unpaired) electrons. The van der Waals surface area contributed by atoms with Crippen LogP contribution in [0.2, 0.25) is 0 Å². The van der Waals surface area contributed by atoms with Crippen LogP contribution in [0.25, 0.3) is 0 Å². The van der Waals surface area contributed by atoms with Crippen molar-refractivity contribution in [1.82, 2.24) is 14.8 Å². The molecular weight excluding hydrogens is 254 g/mol. The topological polar surface area (TPSA) is 19.4 Å². The second-order valence-electron chi connectivity index (χ2n) is 5.01. The van der Waals surface area contributed by atoms with Crippen LogP contribution in [0.1, 0.15) is 11.1 Å². The van der Waals surface area contributed by atoms with E-state index < -0.39 is 0 Å². The molecule has 0 fully saturated rings. The Balaban J connectivity index is 1.97. The molecule has 102 valence electrons. The van der Waals surface area contributed by atoms with Gasteiger partial charge in [0.15, 0.2) is 0 Å². The highest BCUT2D eigenvalue weighted by atomic mass is 32.1. The molecular formula is C15H21N3S. The van der Waals surface area contributed by atoms with Crippen molar-refractivity contribution < 1.29 is 0 Å². The van der Waals surface area contributed by atoms with Crippen LogP contribution in [0.15, 0.2) is 41.4 Å². The van der Waals surface area contributed by atoms with Crippen molar-refractivity contribution in [3.05, 3.63) is 52.5 Å². The molecule has 0 aliphatic heterocycles. The van der Waals surface area contributed by atoms with Crippen molar-refractivity contribution in [3.63, 3.8) is 0 Å². The average Bonchev–Trinajstić information content (AvgIpc) is 2.90. The van der Waals surface area contributed by atoms with Crippen molar-refractivity contribution in [2.24, 2.45) is 0 Å². The maximum atomic E-state index is 4.19. The van der Waals surface area contributed by atoms with Crippen molar-refractivity contribution in [2.45, 2.75) is 13.1 Å². The van der Waals surface area contributed by atoms with E-state index in [9.17, 15) is 0 Å². The van der Waals surface area contributed by atoms with Gasteiger partial charge in [-0.1, -0.05) is 6.07 Å². The summed E-state index contributed by atoms with van der Waals surface area (Å²) in [6, 6.07) is 6.35. The molecule has 0 unspecified atom stereocenters. The van der Waals surface area contributed by atoms with E-state index in [1.165, 1.54) is 11.1 Å². The van der Waals surface area contributed by atoms with E-state index >= 15 is 0 Å². The smallest absolute Gasteiger partial charge is 0.0312 e.